The fraction of sp³-hybridized carbons (Fsp3) is 0.353. The lowest BCUT2D eigenvalue weighted by Gasteiger charge is -2.14. The molecule has 106 valence electrons. The molecule has 0 unspecified atom stereocenters. The van der Waals surface area contributed by atoms with Crippen LogP contribution in [0.25, 0.3) is 0 Å². The fourth-order valence-corrected chi connectivity index (χ4v) is 2.02. The molecule has 0 aliphatic rings. The molecule has 0 aliphatic heterocycles. The first-order valence-corrected chi connectivity index (χ1v) is 6.90. The van der Waals surface area contributed by atoms with Gasteiger partial charge in [-0.25, -0.2) is 4.98 Å². The number of hydrogen-bond acceptors (Lipinski definition) is 3. The summed E-state index contributed by atoms with van der Waals surface area (Å²) < 4.78 is 5.89. The zero-order valence-corrected chi connectivity index (χ0v) is 12.4. The van der Waals surface area contributed by atoms with Gasteiger partial charge in [-0.05, 0) is 48.6 Å². The molecule has 1 N–H and O–H groups in total. The molecule has 0 aliphatic carbocycles. The SMILES string of the molecule is Cc1ccc(C(C)C)c(Oc2ccc([C@H](C)O)cn2)c1. The minimum Gasteiger partial charge on any atom is -0.439 e. The molecule has 3 heteroatoms. The van der Waals surface area contributed by atoms with Crippen molar-refractivity contribution in [2.45, 2.75) is 39.7 Å². The Morgan fingerprint density at radius 1 is 1.10 bits per heavy atom. The van der Waals surface area contributed by atoms with Crippen LogP contribution in [0, 0.1) is 6.92 Å². The minimum atomic E-state index is -0.512. The van der Waals surface area contributed by atoms with Crippen molar-refractivity contribution in [3.63, 3.8) is 0 Å². The topological polar surface area (TPSA) is 42.4 Å². The van der Waals surface area contributed by atoms with Crippen LogP contribution in [-0.4, -0.2) is 10.1 Å². The van der Waals surface area contributed by atoms with Gasteiger partial charge in [0.15, 0.2) is 0 Å². The predicted molar refractivity (Wildman–Crippen MR) is 80.2 cm³/mol. The van der Waals surface area contributed by atoms with Gasteiger partial charge in [-0.3, -0.25) is 0 Å². The Morgan fingerprint density at radius 2 is 1.85 bits per heavy atom. The minimum absolute atomic E-state index is 0.391. The van der Waals surface area contributed by atoms with E-state index in [9.17, 15) is 5.11 Å². The summed E-state index contributed by atoms with van der Waals surface area (Å²) in [5.74, 6) is 1.78. The van der Waals surface area contributed by atoms with Crippen molar-refractivity contribution < 1.29 is 9.84 Å². The average molecular weight is 271 g/mol. The summed E-state index contributed by atoms with van der Waals surface area (Å²) in [4.78, 5) is 4.24. The Balaban J connectivity index is 2.27. The number of aryl methyl sites for hydroxylation is 1. The van der Waals surface area contributed by atoms with E-state index >= 15 is 0 Å². The molecule has 0 radical (unpaired) electrons. The lowest BCUT2D eigenvalue weighted by Crippen LogP contribution is -1.97. The van der Waals surface area contributed by atoms with Crippen LogP contribution >= 0.6 is 0 Å². The van der Waals surface area contributed by atoms with E-state index in [1.165, 1.54) is 0 Å². The highest BCUT2D eigenvalue weighted by Gasteiger charge is 2.10. The normalized spacial score (nSPS) is 12.5. The molecule has 0 spiro atoms. The van der Waals surface area contributed by atoms with Crippen LogP contribution in [0.4, 0.5) is 0 Å². The molecule has 1 aromatic carbocycles. The van der Waals surface area contributed by atoms with Crippen molar-refractivity contribution in [3.05, 3.63) is 53.2 Å². The van der Waals surface area contributed by atoms with Crippen LogP contribution in [0.15, 0.2) is 36.5 Å². The lowest BCUT2D eigenvalue weighted by atomic mass is 10.0. The second-order valence-electron chi connectivity index (χ2n) is 5.40. The highest BCUT2D eigenvalue weighted by atomic mass is 16.5. The second-order valence-corrected chi connectivity index (χ2v) is 5.40. The number of ether oxygens (including phenoxy) is 1. The molecule has 1 atom stereocenters. The van der Waals surface area contributed by atoms with Gasteiger partial charge in [0.05, 0.1) is 6.10 Å². The summed E-state index contributed by atoms with van der Waals surface area (Å²) in [6, 6.07) is 9.83. The van der Waals surface area contributed by atoms with Crippen LogP contribution in [-0.2, 0) is 0 Å². The van der Waals surface area contributed by atoms with Gasteiger partial charge in [-0.2, -0.15) is 0 Å². The number of nitrogens with zero attached hydrogens (tertiary/aromatic N) is 1. The van der Waals surface area contributed by atoms with Gasteiger partial charge in [-0.1, -0.05) is 26.0 Å². The molecule has 2 rings (SSSR count). The molecule has 3 nitrogen and oxygen atoms in total. The van der Waals surface area contributed by atoms with Gasteiger partial charge < -0.3 is 9.84 Å². The molecular weight excluding hydrogens is 250 g/mol. The number of aromatic nitrogens is 1. The number of aliphatic hydroxyl groups excluding tert-OH is 1. The van der Waals surface area contributed by atoms with Gasteiger partial charge in [0.2, 0.25) is 5.88 Å². The van der Waals surface area contributed by atoms with Crippen LogP contribution in [0.1, 0.15) is 49.5 Å². The third kappa shape index (κ3) is 3.36. The van der Waals surface area contributed by atoms with E-state index in [0.717, 1.165) is 22.4 Å². The van der Waals surface area contributed by atoms with Crippen molar-refractivity contribution in [1.82, 2.24) is 4.98 Å². The molecule has 0 amide bonds. The van der Waals surface area contributed by atoms with Crippen LogP contribution in [0.5, 0.6) is 11.6 Å². The average Bonchev–Trinajstić information content (AvgIpc) is 2.39. The van der Waals surface area contributed by atoms with E-state index in [-0.39, 0.29) is 0 Å². The molecule has 2 aromatic rings. The van der Waals surface area contributed by atoms with Crippen molar-refractivity contribution in [2.75, 3.05) is 0 Å². The van der Waals surface area contributed by atoms with Gasteiger partial charge in [0.25, 0.3) is 0 Å². The first kappa shape index (κ1) is 14.5. The molecule has 0 saturated carbocycles. The first-order chi connectivity index (χ1) is 9.47. The maximum atomic E-state index is 9.48. The summed E-state index contributed by atoms with van der Waals surface area (Å²) in [5, 5.41) is 9.48. The largest absolute Gasteiger partial charge is 0.439 e. The summed E-state index contributed by atoms with van der Waals surface area (Å²) >= 11 is 0. The van der Waals surface area contributed by atoms with Gasteiger partial charge in [-0.15, -0.1) is 0 Å². The zero-order valence-electron chi connectivity index (χ0n) is 12.4. The Hall–Kier alpha value is -1.87. The van der Waals surface area contributed by atoms with Gasteiger partial charge >= 0.3 is 0 Å². The van der Waals surface area contributed by atoms with Gasteiger partial charge in [0, 0.05) is 12.3 Å². The van der Waals surface area contributed by atoms with E-state index in [2.05, 4.69) is 31.0 Å². The molecule has 0 saturated heterocycles. The summed E-state index contributed by atoms with van der Waals surface area (Å²) in [6.45, 7) is 8.04. The third-order valence-corrected chi connectivity index (χ3v) is 3.25. The summed E-state index contributed by atoms with van der Waals surface area (Å²) in [6.07, 6.45) is 1.13. The molecule has 1 heterocycles. The lowest BCUT2D eigenvalue weighted by molar-refractivity contribution is 0.198. The van der Waals surface area contributed by atoms with E-state index in [0.29, 0.717) is 11.8 Å². The Bertz CT molecular complexity index is 574. The Morgan fingerprint density at radius 3 is 2.40 bits per heavy atom. The van der Waals surface area contributed by atoms with E-state index < -0.39 is 6.10 Å². The third-order valence-electron chi connectivity index (χ3n) is 3.25. The van der Waals surface area contributed by atoms with Gasteiger partial charge in [0.1, 0.15) is 5.75 Å². The maximum Gasteiger partial charge on any atom is 0.219 e. The molecule has 0 fully saturated rings. The van der Waals surface area contributed by atoms with Crippen molar-refractivity contribution in [2.24, 2.45) is 0 Å². The molecule has 20 heavy (non-hydrogen) atoms. The van der Waals surface area contributed by atoms with Crippen LogP contribution in [0.2, 0.25) is 0 Å². The maximum absolute atomic E-state index is 9.48. The monoisotopic (exact) mass is 271 g/mol. The smallest absolute Gasteiger partial charge is 0.219 e. The summed E-state index contributed by atoms with van der Waals surface area (Å²) in [5.41, 5.74) is 3.10. The van der Waals surface area contributed by atoms with E-state index in [1.807, 2.05) is 19.1 Å². The molecule has 1 aromatic heterocycles. The molecular formula is C17H21NO2. The second kappa shape index (κ2) is 6.06. The quantitative estimate of drug-likeness (QED) is 0.898. The van der Waals surface area contributed by atoms with Crippen molar-refractivity contribution in [3.8, 4) is 11.6 Å². The first-order valence-electron chi connectivity index (χ1n) is 6.90. The summed E-state index contributed by atoms with van der Waals surface area (Å²) in [7, 11) is 0. The van der Waals surface area contributed by atoms with Crippen LogP contribution < -0.4 is 4.74 Å². The highest BCUT2D eigenvalue weighted by Crippen LogP contribution is 2.30. The number of aliphatic hydroxyl groups is 1. The zero-order chi connectivity index (χ0) is 14.7. The Kier molecular flexibility index (Phi) is 4.40. The van der Waals surface area contributed by atoms with E-state index in [4.69, 9.17) is 4.74 Å². The van der Waals surface area contributed by atoms with Crippen molar-refractivity contribution >= 4 is 0 Å². The number of hydrogen-bond donors (Lipinski definition) is 1. The molecule has 0 bridgehead atoms. The van der Waals surface area contributed by atoms with E-state index in [1.54, 1.807) is 19.2 Å². The Labute approximate surface area is 120 Å². The van der Waals surface area contributed by atoms with Crippen molar-refractivity contribution in [1.29, 1.82) is 0 Å². The highest BCUT2D eigenvalue weighted by molar-refractivity contribution is 5.41. The fourth-order valence-electron chi connectivity index (χ4n) is 2.02. The standard InChI is InChI=1S/C17H21NO2/c1-11(2)15-7-5-12(3)9-16(15)20-17-8-6-14(10-18-17)13(4)19/h5-11,13,19H,1-4H3/t13-/m0/s1. The number of benzene rings is 1. The predicted octanol–water partition coefficient (Wildman–Crippen LogP) is 4.36. The number of rotatable bonds is 4. The van der Waals surface area contributed by atoms with Crippen LogP contribution in [0.3, 0.4) is 0 Å². The number of pyridine rings is 1.